The van der Waals surface area contributed by atoms with Gasteiger partial charge < -0.3 is 9.64 Å². The number of piperidine rings is 1. The second-order valence-electron chi connectivity index (χ2n) is 7.47. The first kappa shape index (κ1) is 19.2. The Hall–Kier alpha value is -2.18. The fourth-order valence-electron chi connectivity index (χ4n) is 4.32. The van der Waals surface area contributed by atoms with Gasteiger partial charge in [0.25, 0.3) is 0 Å². The first-order valence-corrected chi connectivity index (χ1v) is 9.73. The predicted molar refractivity (Wildman–Crippen MR) is 105 cm³/mol. The van der Waals surface area contributed by atoms with Gasteiger partial charge in [-0.05, 0) is 49.7 Å². The number of halogens is 3. The first-order chi connectivity index (χ1) is 13.4. The maximum atomic E-state index is 14.5. The zero-order chi connectivity index (χ0) is 19.8. The van der Waals surface area contributed by atoms with E-state index in [0.29, 0.717) is 17.6 Å². The molecule has 2 saturated heterocycles. The molecule has 2 fully saturated rings. The van der Waals surface area contributed by atoms with Gasteiger partial charge in [0.1, 0.15) is 17.7 Å². The standard InChI is InChI=1S/C21H21ClF2N2O2/c1-26-13-6-7-14(26)11-15(10-13)28-21(27)25-19-4-2-3-18(24)20(19)12-5-8-17(23)16(22)9-12/h2-5,8-9,13-15H,6-7,10-11H2,1H3,(H,25,27). The summed E-state index contributed by atoms with van der Waals surface area (Å²) in [4.78, 5) is 14.8. The van der Waals surface area contributed by atoms with Gasteiger partial charge in [-0.25, -0.2) is 13.6 Å². The highest BCUT2D eigenvalue weighted by atomic mass is 35.5. The number of hydrogen-bond donors (Lipinski definition) is 1. The molecule has 2 bridgehead atoms. The summed E-state index contributed by atoms with van der Waals surface area (Å²) >= 11 is 5.83. The fraction of sp³-hybridized carbons (Fsp3) is 0.381. The Morgan fingerprint density at radius 1 is 1.14 bits per heavy atom. The molecule has 4 rings (SSSR count). The van der Waals surface area contributed by atoms with Crippen LogP contribution >= 0.6 is 11.6 Å². The molecule has 2 heterocycles. The van der Waals surface area contributed by atoms with Gasteiger partial charge in [-0.2, -0.15) is 0 Å². The highest BCUT2D eigenvalue weighted by Crippen LogP contribution is 2.36. The van der Waals surface area contributed by atoms with E-state index in [0.717, 1.165) is 25.7 Å². The van der Waals surface area contributed by atoms with Gasteiger partial charge in [-0.15, -0.1) is 0 Å². The van der Waals surface area contributed by atoms with Crippen LogP contribution in [0.4, 0.5) is 19.3 Å². The van der Waals surface area contributed by atoms with E-state index in [2.05, 4.69) is 17.3 Å². The number of carbonyl (C=O) groups is 1. The third-order valence-corrected chi connectivity index (χ3v) is 6.08. The number of ether oxygens (including phenoxy) is 1. The highest BCUT2D eigenvalue weighted by Gasteiger charge is 2.39. The van der Waals surface area contributed by atoms with E-state index in [1.807, 2.05) is 0 Å². The minimum atomic E-state index is -0.617. The molecule has 0 aromatic heterocycles. The zero-order valence-corrected chi connectivity index (χ0v) is 16.2. The largest absolute Gasteiger partial charge is 0.446 e. The Bertz CT molecular complexity index is 894. The molecule has 0 aliphatic carbocycles. The number of hydrogen-bond acceptors (Lipinski definition) is 3. The molecule has 4 nitrogen and oxygen atoms in total. The van der Waals surface area contributed by atoms with Gasteiger partial charge in [0.2, 0.25) is 0 Å². The summed E-state index contributed by atoms with van der Waals surface area (Å²) in [5.41, 5.74) is 0.769. The number of benzene rings is 2. The summed E-state index contributed by atoms with van der Waals surface area (Å²) in [6.45, 7) is 0. The molecule has 7 heteroatoms. The van der Waals surface area contributed by atoms with Crippen LogP contribution in [-0.4, -0.2) is 36.2 Å². The van der Waals surface area contributed by atoms with Gasteiger partial charge in [-0.3, -0.25) is 5.32 Å². The summed E-state index contributed by atoms with van der Waals surface area (Å²) < 4.78 is 33.6. The molecular formula is C21H21ClF2N2O2. The van der Waals surface area contributed by atoms with Crippen molar-refractivity contribution in [2.24, 2.45) is 0 Å². The maximum absolute atomic E-state index is 14.5. The molecule has 1 amide bonds. The van der Waals surface area contributed by atoms with Crippen molar-refractivity contribution in [3.8, 4) is 11.1 Å². The van der Waals surface area contributed by atoms with Crippen molar-refractivity contribution < 1.29 is 18.3 Å². The van der Waals surface area contributed by atoms with Gasteiger partial charge in [-0.1, -0.05) is 23.7 Å². The number of nitrogens with zero attached hydrogens (tertiary/aromatic N) is 1. The van der Waals surface area contributed by atoms with E-state index >= 15 is 0 Å². The van der Waals surface area contributed by atoms with E-state index in [9.17, 15) is 13.6 Å². The molecule has 2 unspecified atom stereocenters. The summed E-state index contributed by atoms with van der Waals surface area (Å²) in [7, 11) is 2.12. The molecule has 2 atom stereocenters. The van der Waals surface area contributed by atoms with Gasteiger partial charge >= 0.3 is 6.09 Å². The Morgan fingerprint density at radius 2 is 1.86 bits per heavy atom. The molecule has 2 aromatic carbocycles. The molecular weight excluding hydrogens is 386 g/mol. The molecule has 2 aliphatic heterocycles. The summed E-state index contributed by atoms with van der Waals surface area (Å²) in [5, 5.41) is 2.53. The fourth-order valence-corrected chi connectivity index (χ4v) is 4.50. The highest BCUT2D eigenvalue weighted by molar-refractivity contribution is 6.31. The monoisotopic (exact) mass is 406 g/mol. The Morgan fingerprint density at radius 3 is 2.54 bits per heavy atom. The topological polar surface area (TPSA) is 41.6 Å². The van der Waals surface area contributed by atoms with Crippen LogP contribution in [-0.2, 0) is 4.74 Å². The lowest BCUT2D eigenvalue weighted by molar-refractivity contribution is 0.0348. The normalized spacial score (nSPS) is 24.2. The van der Waals surface area contributed by atoms with Crippen molar-refractivity contribution in [3.05, 3.63) is 53.1 Å². The average molecular weight is 407 g/mol. The smallest absolute Gasteiger partial charge is 0.411 e. The molecule has 0 saturated carbocycles. The lowest BCUT2D eigenvalue weighted by atomic mass is 10.0. The van der Waals surface area contributed by atoms with Gasteiger partial charge in [0.15, 0.2) is 0 Å². The van der Waals surface area contributed by atoms with E-state index < -0.39 is 17.7 Å². The lowest BCUT2D eigenvalue weighted by Gasteiger charge is -2.35. The molecule has 148 valence electrons. The van der Waals surface area contributed by atoms with Crippen molar-refractivity contribution in [1.82, 2.24) is 4.90 Å². The lowest BCUT2D eigenvalue weighted by Crippen LogP contribution is -2.43. The average Bonchev–Trinajstić information content (AvgIpc) is 2.86. The van der Waals surface area contributed by atoms with Crippen LogP contribution in [0.1, 0.15) is 25.7 Å². The van der Waals surface area contributed by atoms with Gasteiger partial charge in [0.05, 0.1) is 10.7 Å². The van der Waals surface area contributed by atoms with E-state index in [1.54, 1.807) is 6.07 Å². The predicted octanol–water partition coefficient (Wildman–Crippen LogP) is 5.46. The third kappa shape index (κ3) is 3.71. The van der Waals surface area contributed by atoms with Crippen molar-refractivity contribution in [2.75, 3.05) is 12.4 Å². The Kier molecular flexibility index (Phi) is 5.25. The molecule has 0 spiro atoms. The van der Waals surface area contributed by atoms with Crippen LogP contribution in [0.2, 0.25) is 5.02 Å². The number of rotatable bonds is 3. The molecule has 0 radical (unpaired) electrons. The minimum Gasteiger partial charge on any atom is -0.446 e. The van der Waals surface area contributed by atoms with E-state index in [1.165, 1.54) is 30.3 Å². The third-order valence-electron chi connectivity index (χ3n) is 5.79. The number of amides is 1. The van der Waals surface area contributed by atoms with Crippen molar-refractivity contribution in [3.63, 3.8) is 0 Å². The van der Waals surface area contributed by atoms with Crippen molar-refractivity contribution >= 4 is 23.4 Å². The Balaban J connectivity index is 1.51. The molecule has 1 N–H and O–H groups in total. The van der Waals surface area contributed by atoms with E-state index in [-0.39, 0.29) is 22.4 Å². The van der Waals surface area contributed by atoms with Crippen LogP contribution in [0.3, 0.4) is 0 Å². The minimum absolute atomic E-state index is 0.115. The van der Waals surface area contributed by atoms with Crippen LogP contribution in [0, 0.1) is 11.6 Å². The summed E-state index contributed by atoms with van der Waals surface area (Å²) in [6.07, 6.45) is 3.11. The Labute approximate surface area is 167 Å². The second kappa shape index (κ2) is 7.68. The van der Waals surface area contributed by atoms with Gasteiger partial charge in [0, 0.05) is 30.5 Å². The number of nitrogens with one attached hydrogen (secondary N) is 1. The second-order valence-corrected chi connectivity index (χ2v) is 7.87. The van der Waals surface area contributed by atoms with E-state index in [4.69, 9.17) is 16.3 Å². The zero-order valence-electron chi connectivity index (χ0n) is 15.4. The van der Waals surface area contributed by atoms with Crippen molar-refractivity contribution in [1.29, 1.82) is 0 Å². The van der Waals surface area contributed by atoms with Crippen LogP contribution in [0.15, 0.2) is 36.4 Å². The van der Waals surface area contributed by atoms with Crippen LogP contribution < -0.4 is 5.32 Å². The van der Waals surface area contributed by atoms with Crippen LogP contribution in [0.5, 0.6) is 0 Å². The quantitative estimate of drug-likeness (QED) is 0.736. The number of anilines is 1. The van der Waals surface area contributed by atoms with Crippen molar-refractivity contribution in [2.45, 2.75) is 43.9 Å². The molecule has 28 heavy (non-hydrogen) atoms. The SMILES string of the molecule is CN1C2CCC1CC(OC(=O)Nc1cccc(F)c1-c1ccc(F)c(Cl)c1)C2. The summed E-state index contributed by atoms with van der Waals surface area (Å²) in [6, 6.07) is 9.17. The first-order valence-electron chi connectivity index (χ1n) is 9.36. The van der Waals surface area contributed by atoms with Crippen LogP contribution in [0.25, 0.3) is 11.1 Å². The molecule has 2 aromatic rings. The maximum Gasteiger partial charge on any atom is 0.411 e. The molecule has 2 aliphatic rings. The number of carbonyl (C=O) groups excluding carboxylic acids is 1. The number of fused-ring (bicyclic) bond motifs is 2. The summed E-state index contributed by atoms with van der Waals surface area (Å²) in [5.74, 6) is -1.13.